The van der Waals surface area contributed by atoms with E-state index in [-0.39, 0.29) is 47.8 Å². The van der Waals surface area contributed by atoms with E-state index in [1.165, 1.54) is 51.4 Å². The third kappa shape index (κ3) is 8.53. The molecule has 8 aliphatic rings. The Kier molecular flexibility index (Phi) is 14.7. The van der Waals surface area contributed by atoms with E-state index in [1.54, 1.807) is 0 Å². The zero-order valence-electron chi connectivity index (χ0n) is 40.1. The quantitative estimate of drug-likeness (QED) is 0.129. The van der Waals surface area contributed by atoms with Crippen LogP contribution in [0.2, 0.25) is 0 Å². The summed E-state index contributed by atoms with van der Waals surface area (Å²) in [6.07, 6.45) is 21.7. The predicted molar refractivity (Wildman–Crippen MR) is 244 cm³/mol. The van der Waals surface area contributed by atoms with Gasteiger partial charge in [0.1, 0.15) is 0 Å². The Labute approximate surface area is 372 Å². The van der Waals surface area contributed by atoms with E-state index in [2.05, 4.69) is 66.5 Å². The van der Waals surface area contributed by atoms with Gasteiger partial charge in [-0.2, -0.15) is 8.42 Å². The summed E-state index contributed by atoms with van der Waals surface area (Å²) in [6.45, 7) is 21.6. The molecule has 0 aromatic heterocycles. The van der Waals surface area contributed by atoms with Crippen LogP contribution in [0.5, 0.6) is 0 Å². The highest BCUT2D eigenvalue weighted by Gasteiger charge is 2.66. The lowest BCUT2D eigenvalue weighted by molar-refractivity contribution is -0.203. The molecule has 22 atom stereocenters. The molecule has 8 saturated carbocycles. The molecule has 8 nitrogen and oxygen atoms in total. The van der Waals surface area contributed by atoms with Crippen molar-refractivity contribution in [3.05, 3.63) is 0 Å². The molecule has 354 valence electrons. The van der Waals surface area contributed by atoms with E-state index in [0.29, 0.717) is 82.3 Å². The first kappa shape index (κ1) is 48.6. The van der Waals surface area contributed by atoms with Crippen molar-refractivity contribution in [3.8, 4) is 0 Å². The van der Waals surface area contributed by atoms with Crippen LogP contribution >= 0.6 is 0 Å². The van der Waals surface area contributed by atoms with E-state index < -0.39 is 10.4 Å². The Morgan fingerprint density at radius 1 is 0.557 bits per heavy atom. The van der Waals surface area contributed by atoms with Gasteiger partial charge in [0.05, 0.1) is 31.0 Å². The van der Waals surface area contributed by atoms with Gasteiger partial charge in [0, 0.05) is 0 Å². The Morgan fingerprint density at radius 3 is 1.34 bits per heavy atom. The summed E-state index contributed by atoms with van der Waals surface area (Å²) in [6, 6.07) is 0. The third-order valence-electron chi connectivity index (χ3n) is 22.1. The molecule has 0 spiro atoms. The molecule has 0 heterocycles. The zero-order chi connectivity index (χ0) is 44.4. The second-order valence-electron chi connectivity index (χ2n) is 24.4. The topological polar surface area (TPSA) is 145 Å². The van der Waals surface area contributed by atoms with Gasteiger partial charge in [0.25, 0.3) is 0 Å². The summed E-state index contributed by atoms with van der Waals surface area (Å²) >= 11 is 0. The molecule has 0 saturated heterocycles. The Morgan fingerprint density at radius 2 is 0.951 bits per heavy atom. The molecular weight excluding hydrogens is 785 g/mol. The number of hydrogen-bond acceptors (Lipinski definition) is 7. The monoisotopic (exact) mass is 877 g/mol. The summed E-state index contributed by atoms with van der Waals surface area (Å²) in [5.74, 6) is 7.24. The smallest absolute Gasteiger partial charge is 0.393 e. The molecule has 0 bridgehead atoms. The number of hydrogen-bond donors (Lipinski definition) is 5. The van der Waals surface area contributed by atoms with Gasteiger partial charge >= 0.3 is 10.4 Å². The Bertz CT molecular complexity index is 1590. The van der Waals surface area contributed by atoms with Gasteiger partial charge in [-0.25, -0.2) is 4.18 Å². The first-order valence-corrected chi connectivity index (χ1v) is 27.4. The van der Waals surface area contributed by atoms with Crippen LogP contribution < -0.4 is 0 Å². The molecule has 8 rings (SSSR count). The minimum Gasteiger partial charge on any atom is -0.393 e. The fourth-order valence-corrected chi connectivity index (χ4v) is 19.4. The Hall–Kier alpha value is -0.290. The first-order valence-electron chi connectivity index (χ1n) is 26.0. The van der Waals surface area contributed by atoms with Gasteiger partial charge in [-0.3, -0.25) is 4.55 Å². The second kappa shape index (κ2) is 18.4. The lowest BCUT2D eigenvalue weighted by atomic mass is 9.41. The highest BCUT2D eigenvalue weighted by atomic mass is 32.3. The minimum absolute atomic E-state index is 0.0198. The molecule has 0 radical (unpaired) electrons. The van der Waals surface area contributed by atoms with Crippen LogP contribution in [-0.4, -0.2) is 64.4 Å². The number of fused-ring (bicyclic) bond motifs is 10. The van der Waals surface area contributed by atoms with E-state index in [1.807, 2.05) is 0 Å². The van der Waals surface area contributed by atoms with Crippen LogP contribution in [0.15, 0.2) is 0 Å². The maximum atomic E-state index is 11.7. The average Bonchev–Trinajstić information content (AvgIpc) is 3.75. The number of aliphatic hydroxyl groups excluding tert-OH is 4. The van der Waals surface area contributed by atoms with Crippen molar-refractivity contribution < 1.29 is 37.6 Å². The van der Waals surface area contributed by atoms with Crippen LogP contribution in [0.3, 0.4) is 0 Å². The van der Waals surface area contributed by atoms with E-state index in [4.69, 9.17) is 4.55 Å². The Balaban J connectivity index is 0.000000185. The lowest BCUT2D eigenvalue weighted by Gasteiger charge is -2.64. The standard InChI is InChI=1S/C27H48O2.C25H44O6S/c1-6-8-9-17(3)20-10-11-21-24-22(13-15-26(20,21)4)27(5)14-12-18(28)16-23(27)19(7-2)25(24)29;1-5-17-21-14-16(26)8-11-25(21,4)20-9-12-24(3)18(6-7-19(24)22(20)23(17)27)15(2)10-13-31-32(28,29)30/h17-25,28-29H,6-16H2,1-5H3;15-23,26-27H,5-14H2,1-4H3,(H,28,29,30)/t17-,18-,19-,20?,21?,22?,23+,24?,25?,26-,27-;15-,16-,17-,18?,19?,20?,21+,22?,23?,24-,25-/m11/s1. The number of aliphatic hydroxyl groups is 4. The lowest BCUT2D eigenvalue weighted by Crippen LogP contribution is -2.62. The van der Waals surface area contributed by atoms with Crippen molar-refractivity contribution in [2.24, 2.45) is 105 Å². The first-order chi connectivity index (χ1) is 28.7. The van der Waals surface area contributed by atoms with Gasteiger partial charge in [0.15, 0.2) is 0 Å². The van der Waals surface area contributed by atoms with Gasteiger partial charge in [-0.1, -0.05) is 94.4 Å². The summed E-state index contributed by atoms with van der Waals surface area (Å²) in [7, 11) is -4.39. The molecule has 5 N–H and O–H groups in total. The summed E-state index contributed by atoms with van der Waals surface area (Å²) in [4.78, 5) is 0. The molecule has 0 aliphatic heterocycles. The van der Waals surface area contributed by atoms with E-state index in [0.717, 1.165) is 82.5 Å². The fourth-order valence-electron chi connectivity index (χ4n) is 19.1. The second-order valence-corrected chi connectivity index (χ2v) is 25.5. The molecular formula is C52H92O8S. The van der Waals surface area contributed by atoms with Crippen molar-refractivity contribution in [1.29, 1.82) is 0 Å². The molecule has 10 unspecified atom stereocenters. The third-order valence-corrected chi connectivity index (χ3v) is 22.6. The molecule has 8 fully saturated rings. The average molecular weight is 877 g/mol. The summed E-state index contributed by atoms with van der Waals surface area (Å²) in [5.41, 5.74) is 1.12. The summed E-state index contributed by atoms with van der Waals surface area (Å²) in [5, 5.41) is 44.3. The van der Waals surface area contributed by atoms with Gasteiger partial charge in [0.2, 0.25) is 0 Å². The predicted octanol–water partition coefficient (Wildman–Crippen LogP) is 10.9. The van der Waals surface area contributed by atoms with Crippen LogP contribution in [0.4, 0.5) is 0 Å². The fraction of sp³-hybridized carbons (Fsp3) is 1.00. The minimum atomic E-state index is -4.39. The van der Waals surface area contributed by atoms with Crippen LogP contribution in [-0.2, 0) is 14.6 Å². The highest BCUT2D eigenvalue weighted by molar-refractivity contribution is 7.80. The number of unbranched alkanes of at least 4 members (excludes halogenated alkanes) is 1. The van der Waals surface area contributed by atoms with Crippen molar-refractivity contribution in [2.45, 2.75) is 215 Å². The van der Waals surface area contributed by atoms with Crippen molar-refractivity contribution in [2.75, 3.05) is 6.61 Å². The number of rotatable bonds is 11. The van der Waals surface area contributed by atoms with Gasteiger partial charge < -0.3 is 20.4 Å². The normalized spacial score (nSPS) is 51.3. The SMILES string of the molecule is CCCC[C@@H](C)C1CCC2C3C(O)[C@H](CC)[C@@H]4C[C@H](O)CC[C@]4(C)C3CC[C@@]21C.CC[C@H]1C(O)C2C3CCC([C@H](C)CCOS(=O)(=O)O)[C@@]3(C)CCC2[C@@]2(C)CC[C@@H](O)C[C@@H]12. The van der Waals surface area contributed by atoms with E-state index >= 15 is 0 Å². The molecule has 61 heavy (non-hydrogen) atoms. The van der Waals surface area contributed by atoms with Crippen LogP contribution in [0, 0.1) is 105 Å². The van der Waals surface area contributed by atoms with Crippen LogP contribution in [0.25, 0.3) is 0 Å². The van der Waals surface area contributed by atoms with E-state index in [9.17, 15) is 28.8 Å². The molecule has 9 heteroatoms. The largest absolute Gasteiger partial charge is 0.397 e. The van der Waals surface area contributed by atoms with Crippen molar-refractivity contribution in [1.82, 2.24) is 0 Å². The summed E-state index contributed by atoms with van der Waals surface area (Å²) < 4.78 is 35.4. The van der Waals surface area contributed by atoms with Crippen molar-refractivity contribution in [3.63, 3.8) is 0 Å². The highest BCUT2D eigenvalue weighted by Crippen LogP contribution is 2.71. The molecule has 0 amide bonds. The maximum Gasteiger partial charge on any atom is 0.397 e. The zero-order valence-corrected chi connectivity index (χ0v) is 40.9. The van der Waals surface area contributed by atoms with Gasteiger partial charge in [-0.05, 0) is 201 Å². The maximum absolute atomic E-state index is 11.7. The molecule has 0 aromatic carbocycles. The van der Waals surface area contributed by atoms with Crippen molar-refractivity contribution >= 4 is 10.4 Å². The van der Waals surface area contributed by atoms with Gasteiger partial charge in [-0.15, -0.1) is 0 Å². The van der Waals surface area contributed by atoms with Crippen LogP contribution in [0.1, 0.15) is 191 Å². The molecule has 0 aromatic rings. The molecule has 8 aliphatic carbocycles.